The Morgan fingerprint density at radius 3 is 2.47 bits per heavy atom. The third kappa shape index (κ3) is 5.70. The van der Waals surface area contributed by atoms with Gasteiger partial charge in [-0.15, -0.1) is 11.3 Å². The molecule has 4 rings (SSSR count). The highest BCUT2D eigenvalue weighted by molar-refractivity contribution is 7.10. The van der Waals surface area contributed by atoms with Gasteiger partial charge in [-0.3, -0.25) is 14.5 Å². The molecule has 1 saturated carbocycles. The lowest BCUT2D eigenvalue weighted by Crippen LogP contribution is -2.48. The highest BCUT2D eigenvalue weighted by atomic mass is 35.5. The zero-order valence-electron chi connectivity index (χ0n) is 19.7. The van der Waals surface area contributed by atoms with E-state index in [1.807, 2.05) is 67.8 Å². The first kappa shape index (κ1) is 24.5. The van der Waals surface area contributed by atoms with E-state index in [2.05, 4.69) is 5.32 Å². The van der Waals surface area contributed by atoms with Crippen molar-refractivity contribution < 1.29 is 9.59 Å². The van der Waals surface area contributed by atoms with Gasteiger partial charge >= 0.3 is 0 Å². The zero-order chi connectivity index (χ0) is 24.1. The van der Waals surface area contributed by atoms with Crippen molar-refractivity contribution in [3.05, 3.63) is 86.6 Å². The fourth-order valence-corrected chi connectivity index (χ4v) is 5.50. The van der Waals surface area contributed by atoms with Crippen LogP contribution in [0.4, 0.5) is 5.69 Å². The third-order valence-corrected chi connectivity index (χ3v) is 7.83. The number of thiophene rings is 1. The summed E-state index contributed by atoms with van der Waals surface area (Å²) in [5.74, 6) is -0.271. The van der Waals surface area contributed by atoms with Crippen LogP contribution < -0.4 is 10.2 Å². The van der Waals surface area contributed by atoms with Crippen molar-refractivity contribution in [1.29, 1.82) is 0 Å². The second kappa shape index (κ2) is 11.2. The molecule has 1 unspecified atom stereocenters. The van der Waals surface area contributed by atoms with Gasteiger partial charge in [-0.1, -0.05) is 67.3 Å². The van der Waals surface area contributed by atoms with E-state index in [9.17, 15) is 9.59 Å². The molecule has 2 aromatic carbocycles. The quantitative estimate of drug-likeness (QED) is 0.393. The van der Waals surface area contributed by atoms with Crippen LogP contribution >= 0.6 is 22.9 Å². The lowest BCUT2D eigenvalue weighted by atomic mass is 9.93. The summed E-state index contributed by atoms with van der Waals surface area (Å²) < 4.78 is 0. The minimum atomic E-state index is -0.783. The number of nitrogens with zero attached hydrogens (tertiary/aromatic N) is 1. The Hall–Kier alpha value is -2.63. The first-order valence-corrected chi connectivity index (χ1v) is 13.2. The highest BCUT2D eigenvalue weighted by Crippen LogP contribution is 2.34. The van der Waals surface area contributed by atoms with Crippen LogP contribution in [0.25, 0.3) is 0 Å². The summed E-state index contributed by atoms with van der Waals surface area (Å²) >= 11 is 8.03. The van der Waals surface area contributed by atoms with E-state index in [4.69, 9.17) is 11.6 Å². The molecule has 0 aliphatic heterocycles. The van der Waals surface area contributed by atoms with Crippen LogP contribution in [0.1, 0.15) is 59.7 Å². The molecule has 34 heavy (non-hydrogen) atoms. The van der Waals surface area contributed by atoms with E-state index in [-0.39, 0.29) is 24.3 Å². The number of carbonyl (C=O) groups excluding carboxylic acids is 2. The van der Waals surface area contributed by atoms with Crippen molar-refractivity contribution in [2.24, 2.45) is 0 Å². The number of aryl methyl sites for hydroxylation is 2. The molecular weight excluding hydrogens is 464 g/mol. The average Bonchev–Trinajstić information content (AvgIpc) is 3.33. The summed E-state index contributed by atoms with van der Waals surface area (Å²) in [6, 6.07) is 16.6. The monoisotopic (exact) mass is 494 g/mol. The molecule has 0 saturated heterocycles. The van der Waals surface area contributed by atoms with Gasteiger partial charge in [-0.25, -0.2) is 0 Å². The second-order valence-corrected chi connectivity index (χ2v) is 10.5. The number of halogens is 1. The van der Waals surface area contributed by atoms with E-state index in [1.54, 1.807) is 22.3 Å². The summed E-state index contributed by atoms with van der Waals surface area (Å²) in [7, 11) is 0. The molecule has 1 fully saturated rings. The predicted molar refractivity (Wildman–Crippen MR) is 141 cm³/mol. The lowest BCUT2D eigenvalue weighted by molar-refractivity contribution is -0.127. The summed E-state index contributed by atoms with van der Waals surface area (Å²) in [5, 5.41) is 5.81. The number of benzene rings is 2. The van der Waals surface area contributed by atoms with Gasteiger partial charge in [-0.05, 0) is 67.0 Å². The second-order valence-electron chi connectivity index (χ2n) is 9.06. The largest absolute Gasteiger partial charge is 0.351 e. The van der Waals surface area contributed by atoms with Crippen LogP contribution in [-0.2, 0) is 16.0 Å². The molecule has 6 heteroatoms. The van der Waals surface area contributed by atoms with E-state index in [1.165, 1.54) is 6.42 Å². The summed E-state index contributed by atoms with van der Waals surface area (Å²) in [5.41, 5.74) is 3.35. The van der Waals surface area contributed by atoms with Crippen LogP contribution in [-0.4, -0.2) is 17.9 Å². The number of rotatable bonds is 7. The Balaban J connectivity index is 1.78. The number of hydrogen-bond acceptors (Lipinski definition) is 3. The van der Waals surface area contributed by atoms with Crippen LogP contribution in [0, 0.1) is 13.8 Å². The van der Waals surface area contributed by atoms with Crippen molar-refractivity contribution >= 4 is 40.4 Å². The van der Waals surface area contributed by atoms with Gasteiger partial charge in [0.05, 0.1) is 6.42 Å². The Kier molecular flexibility index (Phi) is 8.07. The minimum Gasteiger partial charge on any atom is -0.351 e. The topological polar surface area (TPSA) is 49.4 Å². The van der Waals surface area contributed by atoms with Crippen molar-refractivity contribution in [3.8, 4) is 0 Å². The zero-order valence-corrected chi connectivity index (χ0v) is 21.3. The Bertz CT molecular complexity index is 1140. The summed E-state index contributed by atoms with van der Waals surface area (Å²) in [6.45, 7) is 3.92. The number of hydrogen-bond donors (Lipinski definition) is 1. The van der Waals surface area contributed by atoms with Crippen LogP contribution in [0.2, 0.25) is 5.02 Å². The molecule has 1 heterocycles. The molecule has 1 aromatic heterocycles. The molecule has 1 atom stereocenters. The fourth-order valence-electron chi connectivity index (χ4n) is 4.63. The third-order valence-electron chi connectivity index (χ3n) is 6.55. The SMILES string of the molecule is Cc1ccc(N(C(=O)Cc2cccs2)C(C(=O)NC2CCCCC2)c2ccccc2C)cc1Cl. The van der Waals surface area contributed by atoms with Crippen molar-refractivity contribution in [2.45, 2.75) is 64.5 Å². The molecule has 2 amide bonds. The molecule has 1 aliphatic carbocycles. The number of amides is 2. The molecular formula is C28H31ClN2O2S. The van der Waals surface area contributed by atoms with Gasteiger partial charge in [0.2, 0.25) is 11.8 Å². The van der Waals surface area contributed by atoms with E-state index < -0.39 is 6.04 Å². The van der Waals surface area contributed by atoms with E-state index in [0.29, 0.717) is 10.7 Å². The Morgan fingerprint density at radius 2 is 1.79 bits per heavy atom. The number of carbonyl (C=O) groups is 2. The maximum Gasteiger partial charge on any atom is 0.248 e. The van der Waals surface area contributed by atoms with Gasteiger partial charge in [0.1, 0.15) is 6.04 Å². The molecule has 0 radical (unpaired) electrons. The number of anilines is 1. The molecule has 178 valence electrons. The smallest absolute Gasteiger partial charge is 0.248 e. The first-order chi connectivity index (χ1) is 16.4. The van der Waals surface area contributed by atoms with Crippen LogP contribution in [0.5, 0.6) is 0 Å². The lowest BCUT2D eigenvalue weighted by Gasteiger charge is -2.34. The normalized spacial score (nSPS) is 15.0. The van der Waals surface area contributed by atoms with E-state index in [0.717, 1.165) is 47.3 Å². The standard InChI is InChI=1S/C28H31ClN2O2S/c1-19-9-6-7-13-24(19)27(28(33)30-21-10-4-3-5-11-21)31(22-15-14-20(2)25(29)17-22)26(32)18-23-12-8-16-34-23/h6-9,12-17,21,27H,3-5,10-11,18H2,1-2H3,(H,30,33). The van der Waals surface area contributed by atoms with Gasteiger partial charge in [-0.2, -0.15) is 0 Å². The Labute approximate surface area is 210 Å². The highest BCUT2D eigenvalue weighted by Gasteiger charge is 2.35. The fraction of sp³-hybridized carbons (Fsp3) is 0.357. The van der Waals surface area contributed by atoms with Gasteiger partial charge in [0.15, 0.2) is 0 Å². The summed E-state index contributed by atoms with van der Waals surface area (Å²) in [4.78, 5) is 30.3. The summed E-state index contributed by atoms with van der Waals surface area (Å²) in [6.07, 6.45) is 5.63. The van der Waals surface area contributed by atoms with Crippen LogP contribution in [0.15, 0.2) is 60.0 Å². The molecule has 3 aromatic rings. The molecule has 1 N–H and O–H groups in total. The maximum atomic E-state index is 13.9. The van der Waals surface area contributed by atoms with Gasteiger partial charge < -0.3 is 5.32 Å². The number of nitrogens with one attached hydrogen (secondary N) is 1. The molecule has 0 bridgehead atoms. The molecule has 4 nitrogen and oxygen atoms in total. The van der Waals surface area contributed by atoms with Gasteiger partial charge in [0.25, 0.3) is 0 Å². The van der Waals surface area contributed by atoms with Crippen molar-refractivity contribution in [1.82, 2.24) is 5.32 Å². The van der Waals surface area contributed by atoms with Crippen LogP contribution in [0.3, 0.4) is 0 Å². The first-order valence-electron chi connectivity index (χ1n) is 11.9. The van der Waals surface area contributed by atoms with Crippen molar-refractivity contribution in [2.75, 3.05) is 4.90 Å². The molecule has 1 aliphatic rings. The predicted octanol–water partition coefficient (Wildman–Crippen LogP) is 6.78. The minimum absolute atomic E-state index is 0.130. The molecule has 0 spiro atoms. The van der Waals surface area contributed by atoms with E-state index >= 15 is 0 Å². The maximum absolute atomic E-state index is 13.9. The van der Waals surface area contributed by atoms with Crippen molar-refractivity contribution in [3.63, 3.8) is 0 Å². The Morgan fingerprint density at radius 1 is 1.03 bits per heavy atom. The average molecular weight is 495 g/mol. The van der Waals surface area contributed by atoms with Gasteiger partial charge in [0, 0.05) is 21.6 Å².